The molecular weight excluding hydrogens is 396 g/mol. The minimum atomic E-state index is -2.21. The molecule has 0 aromatic heterocycles. The molecule has 0 aromatic rings. The average Bonchev–Trinajstić information content (AvgIpc) is 2.76. The minimum absolute atomic E-state index is 0.343. The summed E-state index contributed by atoms with van der Waals surface area (Å²) < 4.78 is 12.6. The molecule has 0 saturated heterocycles. The quantitative estimate of drug-likeness (QED) is 0.101. The van der Waals surface area contributed by atoms with E-state index in [9.17, 15) is 0 Å². The van der Waals surface area contributed by atoms with Crippen LogP contribution in [0.15, 0.2) is 12.3 Å². The van der Waals surface area contributed by atoms with Gasteiger partial charge in [0.1, 0.15) is 0 Å². The Morgan fingerprint density at radius 1 is 0.613 bits per heavy atom. The van der Waals surface area contributed by atoms with E-state index in [1.54, 1.807) is 0 Å². The van der Waals surface area contributed by atoms with Crippen molar-refractivity contribution in [1.82, 2.24) is 0 Å². The van der Waals surface area contributed by atoms with Crippen molar-refractivity contribution < 1.29 is 8.85 Å². The zero-order valence-corrected chi connectivity index (χ0v) is 23.0. The van der Waals surface area contributed by atoms with Crippen LogP contribution in [0.25, 0.3) is 0 Å². The first kappa shape index (κ1) is 30.9. The molecule has 0 aromatic carbocycles. The molecule has 1 unspecified atom stereocenters. The molecule has 0 bridgehead atoms. The highest BCUT2D eigenvalue weighted by Crippen LogP contribution is 2.19. The van der Waals surface area contributed by atoms with E-state index in [2.05, 4.69) is 33.9 Å². The molecule has 0 N–H and O–H groups in total. The zero-order valence-electron chi connectivity index (χ0n) is 22.0. The van der Waals surface area contributed by atoms with Crippen LogP contribution in [0.4, 0.5) is 0 Å². The third-order valence-corrected chi connectivity index (χ3v) is 8.70. The highest BCUT2D eigenvalue weighted by Gasteiger charge is 2.30. The lowest BCUT2D eigenvalue weighted by Crippen LogP contribution is -2.41. The van der Waals surface area contributed by atoms with Gasteiger partial charge in [-0.15, -0.1) is 6.58 Å². The predicted octanol–water partition coefficient (Wildman–Crippen LogP) is 10.0. The lowest BCUT2D eigenvalue weighted by molar-refractivity contribution is 0.109. The molecule has 0 heterocycles. The molecule has 31 heavy (non-hydrogen) atoms. The fourth-order valence-corrected chi connectivity index (χ4v) is 6.03. The molecule has 0 fully saturated rings. The normalized spacial score (nSPS) is 13.6. The minimum Gasteiger partial charge on any atom is -0.391 e. The van der Waals surface area contributed by atoms with Gasteiger partial charge in [-0.1, -0.05) is 130 Å². The first-order valence-corrected chi connectivity index (χ1v) is 16.5. The summed E-state index contributed by atoms with van der Waals surface area (Å²) in [6, 6.07) is 0. The standard InChI is InChI=1S/C28H58O2Si/c1-6-10-11-12-13-14-15-16-17-18-19-20-21-22-23-24-27-29-31(5,9-4)30-28(25-7-2)26-8-3/h9,28H,4,6-8,10-27H2,1-3,5H3. The third kappa shape index (κ3) is 20.2. The highest BCUT2D eigenvalue weighted by atomic mass is 28.4. The van der Waals surface area contributed by atoms with E-state index in [0.717, 1.165) is 25.9 Å². The number of rotatable bonds is 25. The summed E-state index contributed by atoms with van der Waals surface area (Å²) in [5, 5.41) is 0. The largest absolute Gasteiger partial charge is 0.391 e. The number of hydrogen-bond acceptors (Lipinski definition) is 2. The van der Waals surface area contributed by atoms with Crippen molar-refractivity contribution in [3.05, 3.63) is 12.3 Å². The monoisotopic (exact) mass is 454 g/mol. The summed E-state index contributed by atoms with van der Waals surface area (Å²) in [5.74, 6) is 0. The van der Waals surface area contributed by atoms with Gasteiger partial charge in [-0.05, 0) is 31.5 Å². The van der Waals surface area contributed by atoms with Crippen molar-refractivity contribution >= 4 is 8.56 Å². The molecule has 0 amide bonds. The van der Waals surface area contributed by atoms with Gasteiger partial charge in [-0.3, -0.25) is 0 Å². The van der Waals surface area contributed by atoms with Gasteiger partial charge in [0.25, 0.3) is 0 Å². The fourth-order valence-electron chi connectivity index (χ4n) is 4.30. The van der Waals surface area contributed by atoms with E-state index in [1.807, 2.05) is 5.70 Å². The molecule has 0 spiro atoms. The molecule has 0 aliphatic rings. The smallest absolute Gasteiger partial charge is 0.361 e. The number of hydrogen-bond donors (Lipinski definition) is 0. The van der Waals surface area contributed by atoms with E-state index in [0.29, 0.717) is 6.10 Å². The Morgan fingerprint density at radius 2 is 1.00 bits per heavy atom. The van der Waals surface area contributed by atoms with Crippen molar-refractivity contribution in [3.63, 3.8) is 0 Å². The van der Waals surface area contributed by atoms with Crippen LogP contribution in [0.1, 0.15) is 149 Å². The van der Waals surface area contributed by atoms with Crippen molar-refractivity contribution in [2.75, 3.05) is 6.61 Å². The maximum Gasteiger partial charge on any atom is 0.361 e. The zero-order chi connectivity index (χ0) is 23.0. The van der Waals surface area contributed by atoms with Crippen LogP contribution in [0.3, 0.4) is 0 Å². The maximum atomic E-state index is 6.40. The van der Waals surface area contributed by atoms with Gasteiger partial charge >= 0.3 is 8.56 Å². The Kier molecular flexibility index (Phi) is 23.0. The molecule has 0 radical (unpaired) electrons. The topological polar surface area (TPSA) is 18.5 Å². The molecule has 0 saturated carbocycles. The van der Waals surface area contributed by atoms with Crippen LogP contribution in [-0.4, -0.2) is 21.3 Å². The van der Waals surface area contributed by atoms with Crippen molar-refractivity contribution in [2.45, 2.75) is 162 Å². The van der Waals surface area contributed by atoms with E-state index < -0.39 is 8.56 Å². The van der Waals surface area contributed by atoms with Gasteiger partial charge in [-0.25, -0.2) is 0 Å². The molecule has 0 rings (SSSR count). The Labute approximate surface area is 198 Å². The van der Waals surface area contributed by atoms with Crippen LogP contribution in [0.2, 0.25) is 6.55 Å². The fraction of sp³-hybridized carbons (Fsp3) is 0.929. The van der Waals surface area contributed by atoms with Gasteiger partial charge in [0.15, 0.2) is 0 Å². The third-order valence-electron chi connectivity index (χ3n) is 6.38. The van der Waals surface area contributed by atoms with E-state index in [-0.39, 0.29) is 0 Å². The Balaban J connectivity index is 3.52. The van der Waals surface area contributed by atoms with Crippen LogP contribution in [-0.2, 0) is 8.85 Å². The summed E-state index contributed by atoms with van der Waals surface area (Å²) in [5.41, 5.74) is 1.97. The van der Waals surface area contributed by atoms with E-state index in [1.165, 1.54) is 109 Å². The lowest BCUT2D eigenvalue weighted by atomic mass is 10.0. The van der Waals surface area contributed by atoms with Gasteiger partial charge < -0.3 is 8.85 Å². The van der Waals surface area contributed by atoms with E-state index >= 15 is 0 Å². The Bertz CT molecular complexity index is 368. The van der Waals surface area contributed by atoms with Crippen LogP contribution in [0, 0.1) is 0 Å². The van der Waals surface area contributed by atoms with Gasteiger partial charge in [0.2, 0.25) is 0 Å². The van der Waals surface area contributed by atoms with E-state index in [4.69, 9.17) is 8.85 Å². The molecule has 2 nitrogen and oxygen atoms in total. The molecule has 1 atom stereocenters. The van der Waals surface area contributed by atoms with Crippen LogP contribution in [0.5, 0.6) is 0 Å². The summed E-state index contributed by atoms with van der Waals surface area (Å²) in [7, 11) is -2.21. The average molecular weight is 455 g/mol. The predicted molar refractivity (Wildman–Crippen MR) is 142 cm³/mol. The molecule has 3 heteroatoms. The van der Waals surface area contributed by atoms with Gasteiger partial charge in [0.05, 0.1) is 0 Å². The molecule has 186 valence electrons. The summed E-state index contributed by atoms with van der Waals surface area (Å²) in [6.07, 6.45) is 27.4. The molecule has 0 aliphatic heterocycles. The maximum absolute atomic E-state index is 6.40. The van der Waals surface area contributed by atoms with Crippen LogP contribution < -0.4 is 0 Å². The second-order valence-corrected chi connectivity index (χ2v) is 12.7. The van der Waals surface area contributed by atoms with Crippen molar-refractivity contribution in [2.24, 2.45) is 0 Å². The summed E-state index contributed by atoms with van der Waals surface area (Å²) in [6.45, 7) is 13.8. The Morgan fingerprint density at radius 3 is 1.35 bits per heavy atom. The second-order valence-electron chi connectivity index (χ2n) is 9.69. The highest BCUT2D eigenvalue weighted by molar-refractivity contribution is 6.71. The lowest BCUT2D eigenvalue weighted by Gasteiger charge is -2.29. The summed E-state index contributed by atoms with van der Waals surface area (Å²) >= 11 is 0. The second kappa shape index (κ2) is 23.0. The van der Waals surface area contributed by atoms with Gasteiger partial charge in [-0.2, -0.15) is 0 Å². The SMILES string of the molecule is C=C[Si](C)(OCCCCCCCCCCCCCCCCCC)OC(CCC)CCC. The molecular formula is C28H58O2Si. The first-order chi connectivity index (χ1) is 15.1. The first-order valence-electron chi connectivity index (χ1n) is 14.1. The summed E-state index contributed by atoms with van der Waals surface area (Å²) in [4.78, 5) is 0. The van der Waals surface area contributed by atoms with Crippen LogP contribution >= 0.6 is 0 Å². The van der Waals surface area contributed by atoms with Gasteiger partial charge in [0, 0.05) is 12.7 Å². The Hall–Kier alpha value is -0.123. The molecule has 0 aliphatic carbocycles. The van der Waals surface area contributed by atoms with Crippen molar-refractivity contribution in [3.8, 4) is 0 Å². The number of unbranched alkanes of at least 4 members (excludes halogenated alkanes) is 15. The van der Waals surface area contributed by atoms with Crippen molar-refractivity contribution in [1.29, 1.82) is 0 Å².